The number of nitrogens with one attached hydrogen (secondary N) is 2. The molecule has 2 aromatic carbocycles. The molecule has 0 aliphatic carbocycles. The van der Waals surface area contributed by atoms with Gasteiger partial charge < -0.3 is 15.4 Å². The van der Waals surface area contributed by atoms with Crippen LogP contribution in [-0.4, -0.2) is 35.4 Å². The summed E-state index contributed by atoms with van der Waals surface area (Å²) in [6, 6.07) is 11.7. The molecule has 31 heavy (non-hydrogen) atoms. The number of anilines is 2. The van der Waals surface area contributed by atoms with Crippen LogP contribution in [0.2, 0.25) is 5.02 Å². The van der Waals surface area contributed by atoms with Crippen LogP contribution in [0, 0.1) is 0 Å². The van der Waals surface area contributed by atoms with Crippen LogP contribution in [0.25, 0.3) is 0 Å². The standard InChI is InChI=1S/C23H26ClN3O4/c1-22(2,3)26-20(29)14-10-11-18-17(12-14)27(21(30)23(4,5)31-18)13-19(28)25-16-9-7-6-8-15(16)24/h6-12H,13H2,1-5H3,(H,25,28)(H,26,29). The van der Waals surface area contributed by atoms with E-state index in [-0.39, 0.29) is 18.4 Å². The molecule has 7 nitrogen and oxygen atoms in total. The van der Waals surface area contributed by atoms with E-state index in [2.05, 4.69) is 10.6 Å². The third kappa shape index (κ3) is 5.17. The molecular formula is C23H26ClN3O4. The van der Waals surface area contributed by atoms with Crippen LogP contribution in [-0.2, 0) is 9.59 Å². The molecule has 0 unspecified atom stereocenters. The van der Waals surface area contributed by atoms with Crippen molar-refractivity contribution in [2.24, 2.45) is 0 Å². The lowest BCUT2D eigenvalue weighted by atomic mass is 10.0. The van der Waals surface area contributed by atoms with Crippen LogP contribution in [0.5, 0.6) is 5.75 Å². The van der Waals surface area contributed by atoms with Gasteiger partial charge in [-0.1, -0.05) is 23.7 Å². The van der Waals surface area contributed by atoms with E-state index in [9.17, 15) is 14.4 Å². The van der Waals surface area contributed by atoms with Crippen LogP contribution in [0.4, 0.5) is 11.4 Å². The molecule has 8 heteroatoms. The maximum Gasteiger partial charge on any atom is 0.271 e. The largest absolute Gasteiger partial charge is 0.476 e. The van der Waals surface area contributed by atoms with Crippen molar-refractivity contribution in [1.82, 2.24) is 5.32 Å². The molecule has 3 rings (SSSR count). The average Bonchev–Trinajstić information content (AvgIpc) is 2.65. The zero-order valence-electron chi connectivity index (χ0n) is 18.2. The molecule has 0 saturated carbocycles. The Morgan fingerprint density at radius 1 is 1.13 bits per heavy atom. The zero-order valence-corrected chi connectivity index (χ0v) is 19.0. The van der Waals surface area contributed by atoms with Gasteiger partial charge in [-0.2, -0.15) is 0 Å². The van der Waals surface area contributed by atoms with Gasteiger partial charge in [0.05, 0.1) is 16.4 Å². The van der Waals surface area contributed by atoms with Gasteiger partial charge in [0.15, 0.2) is 5.60 Å². The molecule has 0 spiro atoms. The Labute approximate surface area is 186 Å². The summed E-state index contributed by atoms with van der Waals surface area (Å²) in [6.45, 7) is 8.65. The summed E-state index contributed by atoms with van der Waals surface area (Å²) in [5, 5.41) is 6.00. The summed E-state index contributed by atoms with van der Waals surface area (Å²) >= 11 is 6.11. The normalized spacial score (nSPS) is 15.0. The number of para-hydroxylation sites is 1. The topological polar surface area (TPSA) is 87.7 Å². The van der Waals surface area contributed by atoms with Gasteiger partial charge >= 0.3 is 0 Å². The maximum absolute atomic E-state index is 13.1. The molecule has 0 aromatic heterocycles. The highest BCUT2D eigenvalue weighted by Gasteiger charge is 2.42. The van der Waals surface area contributed by atoms with Crippen molar-refractivity contribution in [3.8, 4) is 5.75 Å². The average molecular weight is 444 g/mol. The third-order valence-corrected chi connectivity index (χ3v) is 4.91. The Balaban J connectivity index is 1.91. The number of halogens is 1. The first-order valence-corrected chi connectivity index (χ1v) is 10.3. The minimum atomic E-state index is -1.16. The summed E-state index contributed by atoms with van der Waals surface area (Å²) in [5.74, 6) is -0.673. The van der Waals surface area contributed by atoms with Gasteiger partial charge in [-0.15, -0.1) is 0 Å². The predicted molar refractivity (Wildman–Crippen MR) is 121 cm³/mol. The second kappa shape index (κ2) is 8.23. The van der Waals surface area contributed by atoms with Gasteiger partial charge in [-0.05, 0) is 65.0 Å². The maximum atomic E-state index is 13.1. The first-order valence-electron chi connectivity index (χ1n) is 9.89. The first-order chi connectivity index (χ1) is 14.4. The molecule has 1 heterocycles. The van der Waals surface area contributed by atoms with Crippen LogP contribution in [0.15, 0.2) is 42.5 Å². The fraction of sp³-hybridized carbons (Fsp3) is 0.348. The number of ether oxygens (including phenoxy) is 1. The lowest BCUT2D eigenvalue weighted by Crippen LogP contribution is -2.54. The summed E-state index contributed by atoms with van der Waals surface area (Å²) in [7, 11) is 0. The van der Waals surface area contributed by atoms with Crippen molar-refractivity contribution in [2.45, 2.75) is 45.8 Å². The zero-order chi connectivity index (χ0) is 23.0. The number of fused-ring (bicyclic) bond motifs is 1. The second-order valence-electron chi connectivity index (χ2n) is 8.92. The van der Waals surface area contributed by atoms with Gasteiger partial charge in [0, 0.05) is 11.1 Å². The van der Waals surface area contributed by atoms with E-state index in [1.807, 2.05) is 20.8 Å². The van der Waals surface area contributed by atoms with Gasteiger partial charge in [0.25, 0.3) is 11.8 Å². The number of hydrogen-bond donors (Lipinski definition) is 2. The van der Waals surface area contributed by atoms with E-state index in [4.69, 9.17) is 16.3 Å². The van der Waals surface area contributed by atoms with E-state index in [0.717, 1.165) is 0 Å². The number of benzene rings is 2. The molecular weight excluding hydrogens is 418 g/mol. The summed E-state index contributed by atoms with van der Waals surface area (Å²) < 4.78 is 5.84. The van der Waals surface area contributed by atoms with Crippen molar-refractivity contribution in [2.75, 3.05) is 16.8 Å². The molecule has 3 amide bonds. The Bertz CT molecular complexity index is 1040. The lowest BCUT2D eigenvalue weighted by Gasteiger charge is -2.38. The molecule has 2 aromatic rings. The van der Waals surface area contributed by atoms with Gasteiger partial charge in [0.1, 0.15) is 12.3 Å². The summed E-state index contributed by atoms with van der Waals surface area (Å²) in [6.07, 6.45) is 0. The van der Waals surface area contributed by atoms with Crippen molar-refractivity contribution in [3.63, 3.8) is 0 Å². The number of hydrogen-bond acceptors (Lipinski definition) is 4. The molecule has 0 radical (unpaired) electrons. The third-order valence-electron chi connectivity index (χ3n) is 4.58. The van der Waals surface area contributed by atoms with E-state index in [1.54, 1.807) is 56.3 Å². The first kappa shape index (κ1) is 22.6. The van der Waals surface area contributed by atoms with Crippen molar-refractivity contribution in [3.05, 3.63) is 53.1 Å². The minimum absolute atomic E-state index is 0.256. The Kier molecular flexibility index (Phi) is 6.00. The highest BCUT2D eigenvalue weighted by atomic mass is 35.5. The fourth-order valence-corrected chi connectivity index (χ4v) is 3.36. The van der Waals surface area contributed by atoms with Crippen LogP contribution >= 0.6 is 11.6 Å². The Morgan fingerprint density at radius 2 is 1.81 bits per heavy atom. The van der Waals surface area contributed by atoms with Crippen molar-refractivity contribution < 1.29 is 19.1 Å². The molecule has 0 atom stereocenters. The van der Waals surface area contributed by atoms with E-state index >= 15 is 0 Å². The Morgan fingerprint density at radius 3 is 2.45 bits per heavy atom. The minimum Gasteiger partial charge on any atom is -0.476 e. The highest BCUT2D eigenvalue weighted by Crippen LogP contribution is 2.38. The van der Waals surface area contributed by atoms with Crippen LogP contribution in [0.3, 0.4) is 0 Å². The molecule has 0 fully saturated rings. The highest BCUT2D eigenvalue weighted by molar-refractivity contribution is 6.33. The van der Waals surface area contributed by atoms with Crippen molar-refractivity contribution in [1.29, 1.82) is 0 Å². The van der Waals surface area contributed by atoms with E-state index in [0.29, 0.717) is 27.7 Å². The number of rotatable bonds is 4. The number of amides is 3. The molecule has 1 aliphatic heterocycles. The number of carbonyl (C=O) groups excluding carboxylic acids is 3. The Hall–Kier alpha value is -3.06. The van der Waals surface area contributed by atoms with Crippen LogP contribution < -0.4 is 20.3 Å². The number of carbonyl (C=O) groups is 3. The molecule has 1 aliphatic rings. The van der Waals surface area contributed by atoms with Crippen molar-refractivity contribution >= 4 is 40.7 Å². The predicted octanol–water partition coefficient (Wildman–Crippen LogP) is 4.01. The van der Waals surface area contributed by atoms with Gasteiger partial charge in [-0.25, -0.2) is 0 Å². The van der Waals surface area contributed by atoms with Gasteiger partial charge in [0.2, 0.25) is 5.91 Å². The summed E-state index contributed by atoms with van der Waals surface area (Å²) in [5.41, 5.74) is -0.406. The number of nitrogens with zero attached hydrogens (tertiary/aromatic N) is 1. The van der Waals surface area contributed by atoms with Crippen LogP contribution in [0.1, 0.15) is 45.0 Å². The molecule has 0 saturated heterocycles. The lowest BCUT2D eigenvalue weighted by molar-refractivity contribution is -0.133. The quantitative estimate of drug-likeness (QED) is 0.747. The SMILES string of the molecule is CC(C)(C)NC(=O)c1ccc2c(c1)N(CC(=O)Nc1ccccc1Cl)C(=O)C(C)(C)O2. The van der Waals surface area contributed by atoms with Gasteiger partial charge in [-0.3, -0.25) is 19.3 Å². The van der Waals surface area contributed by atoms with E-state index in [1.165, 1.54) is 4.90 Å². The molecule has 164 valence electrons. The molecule has 0 bridgehead atoms. The second-order valence-corrected chi connectivity index (χ2v) is 9.33. The fourth-order valence-electron chi connectivity index (χ4n) is 3.17. The van der Waals surface area contributed by atoms with E-state index < -0.39 is 17.0 Å². The monoisotopic (exact) mass is 443 g/mol. The summed E-state index contributed by atoms with van der Waals surface area (Å²) in [4.78, 5) is 39.7. The molecule has 2 N–H and O–H groups in total. The smallest absolute Gasteiger partial charge is 0.271 e.